The van der Waals surface area contributed by atoms with Gasteiger partial charge in [0.1, 0.15) is 5.75 Å². The Bertz CT molecular complexity index is 967. The molecular formula is C24H34N4O3S. The first-order chi connectivity index (χ1) is 15.6. The second-order valence-corrected chi connectivity index (χ2v) is 9.12. The van der Waals surface area contributed by atoms with Crippen LogP contribution in [-0.4, -0.2) is 72.4 Å². The molecule has 1 aliphatic heterocycles. The number of hydrogen-bond acceptors (Lipinski definition) is 5. The number of nitrogens with one attached hydrogen (secondary N) is 2. The second kappa shape index (κ2) is 11.1. The summed E-state index contributed by atoms with van der Waals surface area (Å²) in [4.78, 5) is 20.4. The van der Waals surface area contributed by atoms with Gasteiger partial charge in [0, 0.05) is 48.7 Å². The molecule has 0 atom stereocenters. The fourth-order valence-electron chi connectivity index (χ4n) is 4.53. The third-order valence-corrected chi connectivity index (χ3v) is 6.88. The number of morpholine rings is 1. The summed E-state index contributed by atoms with van der Waals surface area (Å²) in [6, 6.07) is 8.08. The molecule has 174 valence electrons. The van der Waals surface area contributed by atoms with Crippen molar-refractivity contribution in [3.8, 4) is 5.75 Å². The van der Waals surface area contributed by atoms with Crippen molar-refractivity contribution in [2.45, 2.75) is 44.7 Å². The molecule has 1 aromatic carbocycles. The highest BCUT2D eigenvalue weighted by molar-refractivity contribution is 7.80. The third-order valence-electron chi connectivity index (χ3n) is 6.50. The number of ether oxygens (including phenoxy) is 2. The van der Waals surface area contributed by atoms with Gasteiger partial charge in [-0.25, -0.2) is 0 Å². The Morgan fingerprint density at radius 3 is 2.78 bits per heavy atom. The average Bonchev–Trinajstić information content (AvgIpc) is 2.83. The maximum Gasteiger partial charge on any atom is 0.253 e. The molecule has 2 N–H and O–H groups in total. The number of aromatic amines is 1. The van der Waals surface area contributed by atoms with Gasteiger partial charge in [-0.3, -0.25) is 9.69 Å². The standard InChI is InChI=1S/C24H34N4O3S/c1-30-21-7-8-22-18(16-21)15-19(23(29)26-22)17-28(10-9-27-11-13-31-14-12-27)24(32)25-20-5-3-2-4-6-20/h7-8,15-16,20H,2-6,9-14,17H2,1H3,(H,25,32)(H,26,29). The van der Waals surface area contributed by atoms with E-state index in [1.807, 2.05) is 24.3 Å². The van der Waals surface area contributed by atoms with E-state index >= 15 is 0 Å². The van der Waals surface area contributed by atoms with Crippen LogP contribution in [0, 0.1) is 0 Å². The predicted molar refractivity (Wildman–Crippen MR) is 131 cm³/mol. The van der Waals surface area contributed by atoms with Crippen molar-refractivity contribution >= 4 is 28.2 Å². The zero-order valence-electron chi connectivity index (χ0n) is 18.9. The van der Waals surface area contributed by atoms with E-state index in [2.05, 4.69) is 20.1 Å². The molecule has 1 saturated carbocycles. The van der Waals surface area contributed by atoms with E-state index in [4.69, 9.17) is 21.7 Å². The average molecular weight is 459 g/mol. The molecule has 2 fully saturated rings. The zero-order chi connectivity index (χ0) is 22.3. The lowest BCUT2D eigenvalue weighted by Crippen LogP contribution is -2.48. The summed E-state index contributed by atoms with van der Waals surface area (Å²) in [5.41, 5.74) is 1.45. The van der Waals surface area contributed by atoms with Crippen LogP contribution in [0.1, 0.15) is 37.7 Å². The van der Waals surface area contributed by atoms with Gasteiger partial charge >= 0.3 is 0 Å². The molecule has 7 nitrogen and oxygen atoms in total. The minimum Gasteiger partial charge on any atom is -0.497 e. The second-order valence-electron chi connectivity index (χ2n) is 8.74. The number of benzene rings is 1. The van der Waals surface area contributed by atoms with Gasteiger partial charge in [0.05, 0.1) is 26.9 Å². The summed E-state index contributed by atoms with van der Waals surface area (Å²) >= 11 is 5.84. The lowest BCUT2D eigenvalue weighted by molar-refractivity contribution is 0.0356. The van der Waals surface area contributed by atoms with Crippen LogP contribution in [0.2, 0.25) is 0 Å². The van der Waals surface area contributed by atoms with E-state index in [9.17, 15) is 4.79 Å². The molecule has 2 aromatic rings. The fourth-order valence-corrected chi connectivity index (χ4v) is 4.85. The van der Waals surface area contributed by atoms with Crippen molar-refractivity contribution in [3.63, 3.8) is 0 Å². The molecule has 8 heteroatoms. The largest absolute Gasteiger partial charge is 0.497 e. The van der Waals surface area contributed by atoms with Crippen LogP contribution in [0.4, 0.5) is 0 Å². The number of rotatable bonds is 7. The Balaban J connectivity index is 1.51. The molecule has 32 heavy (non-hydrogen) atoms. The Morgan fingerprint density at radius 2 is 2.03 bits per heavy atom. The van der Waals surface area contributed by atoms with E-state index < -0.39 is 0 Å². The lowest BCUT2D eigenvalue weighted by Gasteiger charge is -2.33. The maximum absolute atomic E-state index is 12.8. The summed E-state index contributed by atoms with van der Waals surface area (Å²) in [5.74, 6) is 0.772. The van der Waals surface area contributed by atoms with Gasteiger partial charge in [0.15, 0.2) is 5.11 Å². The SMILES string of the molecule is COc1ccc2[nH]c(=O)c(CN(CCN3CCOCC3)C(=S)NC3CCCCC3)cc2c1. The summed E-state index contributed by atoms with van der Waals surface area (Å²) in [6.45, 7) is 5.57. The van der Waals surface area contributed by atoms with Gasteiger partial charge in [0.2, 0.25) is 0 Å². The van der Waals surface area contributed by atoms with Crippen molar-refractivity contribution in [3.05, 3.63) is 40.2 Å². The summed E-state index contributed by atoms with van der Waals surface area (Å²) in [6.07, 6.45) is 6.13. The molecule has 0 spiro atoms. The van der Waals surface area contributed by atoms with Crippen LogP contribution < -0.4 is 15.6 Å². The third kappa shape index (κ3) is 5.99. The number of H-pyrrole nitrogens is 1. The zero-order valence-corrected chi connectivity index (χ0v) is 19.7. The molecule has 1 saturated heterocycles. The lowest BCUT2D eigenvalue weighted by atomic mass is 9.96. The first-order valence-electron chi connectivity index (χ1n) is 11.7. The molecule has 1 aliphatic carbocycles. The monoisotopic (exact) mass is 458 g/mol. The molecule has 4 rings (SSSR count). The molecular weight excluding hydrogens is 424 g/mol. The number of aromatic nitrogens is 1. The molecule has 0 amide bonds. The first-order valence-corrected chi connectivity index (χ1v) is 12.1. The summed E-state index contributed by atoms with van der Waals surface area (Å²) < 4.78 is 10.8. The quantitative estimate of drug-likeness (QED) is 0.619. The number of hydrogen-bond donors (Lipinski definition) is 2. The Labute approximate surface area is 195 Å². The van der Waals surface area contributed by atoms with Gasteiger partial charge < -0.3 is 24.7 Å². The highest BCUT2D eigenvalue weighted by atomic mass is 32.1. The number of fused-ring (bicyclic) bond motifs is 1. The van der Waals surface area contributed by atoms with Gasteiger partial charge in [-0.2, -0.15) is 0 Å². The summed E-state index contributed by atoms with van der Waals surface area (Å²) in [5, 5.41) is 5.29. The molecule has 0 unspecified atom stereocenters. The van der Waals surface area contributed by atoms with E-state index in [-0.39, 0.29) is 5.56 Å². The number of thiocarbonyl (C=S) groups is 1. The van der Waals surface area contributed by atoms with Crippen LogP contribution >= 0.6 is 12.2 Å². The van der Waals surface area contributed by atoms with E-state index in [0.717, 1.165) is 74.0 Å². The van der Waals surface area contributed by atoms with Crippen molar-refractivity contribution in [2.24, 2.45) is 0 Å². The fraction of sp³-hybridized carbons (Fsp3) is 0.583. The van der Waals surface area contributed by atoms with Crippen LogP contribution in [0.25, 0.3) is 10.9 Å². The van der Waals surface area contributed by atoms with Gasteiger partial charge in [0.25, 0.3) is 5.56 Å². The van der Waals surface area contributed by atoms with Crippen LogP contribution in [0.3, 0.4) is 0 Å². The van der Waals surface area contributed by atoms with Crippen molar-refractivity contribution < 1.29 is 9.47 Å². The minimum atomic E-state index is -0.0699. The Hall–Kier alpha value is -2.16. The topological polar surface area (TPSA) is 69.8 Å². The van der Waals surface area contributed by atoms with Crippen molar-refractivity contribution in [1.29, 1.82) is 0 Å². The number of pyridine rings is 1. The molecule has 0 bridgehead atoms. The number of methoxy groups -OCH3 is 1. The highest BCUT2D eigenvalue weighted by Gasteiger charge is 2.20. The van der Waals surface area contributed by atoms with Crippen molar-refractivity contribution in [1.82, 2.24) is 20.1 Å². The van der Waals surface area contributed by atoms with Crippen molar-refractivity contribution in [2.75, 3.05) is 46.5 Å². The molecule has 2 aliphatic rings. The smallest absolute Gasteiger partial charge is 0.253 e. The van der Waals surface area contributed by atoms with Gasteiger partial charge in [-0.15, -0.1) is 0 Å². The van der Waals surface area contributed by atoms with Crippen LogP contribution in [0.15, 0.2) is 29.1 Å². The van der Waals surface area contributed by atoms with E-state index in [0.29, 0.717) is 18.2 Å². The van der Waals surface area contributed by atoms with E-state index in [1.165, 1.54) is 19.3 Å². The molecule has 0 radical (unpaired) electrons. The number of nitrogens with zero attached hydrogens (tertiary/aromatic N) is 2. The molecule has 1 aromatic heterocycles. The Kier molecular flexibility index (Phi) is 8.00. The van der Waals surface area contributed by atoms with Crippen LogP contribution in [-0.2, 0) is 11.3 Å². The first kappa shape index (κ1) is 23.0. The molecule has 2 heterocycles. The summed E-state index contributed by atoms with van der Waals surface area (Å²) in [7, 11) is 1.65. The normalized spacial score (nSPS) is 17.9. The Morgan fingerprint density at radius 1 is 1.25 bits per heavy atom. The predicted octanol–water partition coefficient (Wildman–Crippen LogP) is 2.88. The van der Waals surface area contributed by atoms with Gasteiger partial charge in [-0.1, -0.05) is 19.3 Å². The van der Waals surface area contributed by atoms with Gasteiger partial charge in [-0.05, 0) is 49.3 Å². The minimum absolute atomic E-state index is 0.0699. The highest BCUT2D eigenvalue weighted by Crippen LogP contribution is 2.20. The van der Waals surface area contributed by atoms with E-state index in [1.54, 1.807) is 7.11 Å². The maximum atomic E-state index is 12.8. The van der Waals surface area contributed by atoms with Crippen LogP contribution in [0.5, 0.6) is 5.75 Å².